The molecule has 4 rings (SSSR count). The molecule has 1 fully saturated rings. The van der Waals surface area contributed by atoms with Gasteiger partial charge in [0.1, 0.15) is 5.82 Å². The van der Waals surface area contributed by atoms with Crippen LogP contribution in [0.2, 0.25) is 0 Å². The van der Waals surface area contributed by atoms with Gasteiger partial charge >= 0.3 is 0 Å². The molecule has 134 valence electrons. The van der Waals surface area contributed by atoms with Crippen molar-refractivity contribution in [1.82, 2.24) is 20.2 Å². The number of carbonyl (C=O) groups excluding carboxylic acids is 1. The van der Waals surface area contributed by atoms with Crippen molar-refractivity contribution < 1.29 is 4.79 Å². The Morgan fingerprint density at radius 2 is 2.12 bits per heavy atom. The first-order chi connectivity index (χ1) is 12.7. The van der Waals surface area contributed by atoms with Crippen LogP contribution in [0.5, 0.6) is 0 Å². The third-order valence-electron chi connectivity index (χ3n) is 5.06. The zero-order valence-electron chi connectivity index (χ0n) is 15.0. The van der Waals surface area contributed by atoms with Crippen LogP contribution >= 0.6 is 0 Å². The summed E-state index contributed by atoms with van der Waals surface area (Å²) >= 11 is 0. The lowest BCUT2D eigenvalue weighted by molar-refractivity contribution is -0.122. The molecule has 2 heterocycles. The molecule has 0 bridgehead atoms. The second-order valence-corrected chi connectivity index (χ2v) is 7.08. The van der Waals surface area contributed by atoms with Crippen molar-refractivity contribution in [2.75, 3.05) is 19.6 Å². The second kappa shape index (κ2) is 7.30. The first kappa shape index (κ1) is 16.8. The first-order valence-corrected chi connectivity index (χ1v) is 9.16. The minimum Gasteiger partial charge on any atom is -0.351 e. The van der Waals surface area contributed by atoms with Gasteiger partial charge in [-0.15, -0.1) is 0 Å². The van der Waals surface area contributed by atoms with Gasteiger partial charge in [0.05, 0.1) is 17.6 Å². The number of nitrogens with one attached hydrogen (secondary N) is 2. The van der Waals surface area contributed by atoms with E-state index in [2.05, 4.69) is 50.5 Å². The standard InChI is InChI=1S/C21H24N4O/c1-15-23-19-8-7-16(11-20(19)24-15)12-22-21(26)14-25-10-9-18(13-25)17-5-3-2-4-6-17/h2-8,11,18H,9-10,12-14H2,1H3,(H,22,26)(H,23,24)/t18-/m1/s1. The predicted molar refractivity (Wildman–Crippen MR) is 103 cm³/mol. The number of aromatic amines is 1. The van der Waals surface area contributed by atoms with Gasteiger partial charge in [0.2, 0.25) is 5.91 Å². The van der Waals surface area contributed by atoms with Crippen LogP contribution in [-0.4, -0.2) is 40.4 Å². The van der Waals surface area contributed by atoms with Crippen molar-refractivity contribution in [3.05, 3.63) is 65.5 Å². The number of benzene rings is 2. The molecule has 26 heavy (non-hydrogen) atoms. The van der Waals surface area contributed by atoms with Crippen molar-refractivity contribution in [2.24, 2.45) is 0 Å². The third-order valence-corrected chi connectivity index (χ3v) is 5.06. The van der Waals surface area contributed by atoms with Gasteiger partial charge in [0.25, 0.3) is 0 Å². The molecule has 1 aromatic heterocycles. The number of rotatable bonds is 5. The minimum atomic E-state index is 0.0830. The molecule has 1 amide bonds. The summed E-state index contributed by atoms with van der Waals surface area (Å²) in [6.07, 6.45) is 1.12. The Kier molecular flexibility index (Phi) is 4.71. The number of carbonyl (C=O) groups is 1. The zero-order valence-corrected chi connectivity index (χ0v) is 15.0. The molecule has 0 spiro atoms. The van der Waals surface area contributed by atoms with Crippen molar-refractivity contribution in [2.45, 2.75) is 25.8 Å². The Labute approximate surface area is 153 Å². The normalized spacial score (nSPS) is 17.7. The molecule has 1 aliphatic rings. The van der Waals surface area contributed by atoms with Crippen molar-refractivity contribution in [1.29, 1.82) is 0 Å². The number of imidazole rings is 1. The summed E-state index contributed by atoms with van der Waals surface area (Å²) in [6, 6.07) is 16.6. The molecule has 0 aliphatic carbocycles. The fraction of sp³-hybridized carbons (Fsp3) is 0.333. The van der Waals surface area contributed by atoms with Crippen molar-refractivity contribution >= 4 is 16.9 Å². The van der Waals surface area contributed by atoms with E-state index >= 15 is 0 Å². The van der Waals surface area contributed by atoms with E-state index in [1.807, 2.05) is 25.1 Å². The van der Waals surface area contributed by atoms with E-state index in [0.717, 1.165) is 41.9 Å². The van der Waals surface area contributed by atoms with Crippen LogP contribution < -0.4 is 5.32 Å². The molecule has 5 heteroatoms. The van der Waals surface area contributed by atoms with Crippen LogP contribution in [0.1, 0.15) is 29.3 Å². The number of aromatic nitrogens is 2. The number of likely N-dealkylation sites (tertiary alicyclic amines) is 1. The molecule has 2 aromatic carbocycles. The number of hydrogen-bond donors (Lipinski definition) is 2. The molecular weight excluding hydrogens is 324 g/mol. The maximum absolute atomic E-state index is 12.3. The maximum Gasteiger partial charge on any atom is 0.234 e. The number of amides is 1. The van der Waals surface area contributed by atoms with Crippen molar-refractivity contribution in [3.63, 3.8) is 0 Å². The van der Waals surface area contributed by atoms with Crippen LogP contribution in [0.15, 0.2) is 48.5 Å². The van der Waals surface area contributed by atoms with Crippen LogP contribution in [0.3, 0.4) is 0 Å². The molecule has 5 nitrogen and oxygen atoms in total. The highest BCUT2D eigenvalue weighted by Gasteiger charge is 2.24. The summed E-state index contributed by atoms with van der Waals surface area (Å²) in [6.45, 7) is 4.89. The van der Waals surface area contributed by atoms with Gasteiger partial charge in [-0.2, -0.15) is 0 Å². The molecule has 1 saturated heterocycles. The second-order valence-electron chi connectivity index (χ2n) is 7.08. The number of H-pyrrole nitrogens is 1. The molecule has 2 N–H and O–H groups in total. The number of nitrogens with zero attached hydrogens (tertiary/aromatic N) is 2. The van der Waals surface area contributed by atoms with E-state index in [1.54, 1.807) is 0 Å². The van der Waals surface area contributed by atoms with Crippen LogP contribution in [-0.2, 0) is 11.3 Å². The highest BCUT2D eigenvalue weighted by molar-refractivity contribution is 5.79. The van der Waals surface area contributed by atoms with Gasteiger partial charge in [-0.1, -0.05) is 36.4 Å². The smallest absolute Gasteiger partial charge is 0.234 e. The number of hydrogen-bond acceptors (Lipinski definition) is 3. The Balaban J connectivity index is 1.28. The summed E-state index contributed by atoms with van der Waals surface area (Å²) < 4.78 is 0. The quantitative estimate of drug-likeness (QED) is 0.745. The molecule has 1 atom stereocenters. The van der Waals surface area contributed by atoms with Gasteiger partial charge in [0, 0.05) is 13.1 Å². The SMILES string of the molecule is Cc1nc2ccc(CNC(=O)CN3CC[C@@H](c4ccccc4)C3)cc2[nH]1. The largest absolute Gasteiger partial charge is 0.351 e. The molecule has 0 saturated carbocycles. The Morgan fingerprint density at radius 3 is 2.96 bits per heavy atom. The number of fused-ring (bicyclic) bond motifs is 1. The van der Waals surface area contributed by atoms with Crippen molar-refractivity contribution in [3.8, 4) is 0 Å². The molecule has 0 unspecified atom stereocenters. The molecular formula is C21H24N4O. The molecule has 3 aromatic rings. The summed E-state index contributed by atoms with van der Waals surface area (Å²) in [5.41, 5.74) is 4.43. The van der Waals surface area contributed by atoms with Crippen LogP contribution in [0, 0.1) is 6.92 Å². The van der Waals surface area contributed by atoms with E-state index in [9.17, 15) is 4.79 Å². The van der Waals surface area contributed by atoms with E-state index in [0.29, 0.717) is 19.0 Å². The average molecular weight is 348 g/mol. The first-order valence-electron chi connectivity index (χ1n) is 9.16. The fourth-order valence-corrected chi connectivity index (χ4v) is 3.73. The van der Waals surface area contributed by atoms with Gasteiger partial charge in [0.15, 0.2) is 0 Å². The lowest BCUT2D eigenvalue weighted by Crippen LogP contribution is -2.35. The van der Waals surface area contributed by atoms with E-state index < -0.39 is 0 Å². The monoisotopic (exact) mass is 348 g/mol. The average Bonchev–Trinajstić information content (AvgIpc) is 3.26. The lowest BCUT2D eigenvalue weighted by Gasteiger charge is -2.16. The van der Waals surface area contributed by atoms with Crippen LogP contribution in [0.25, 0.3) is 11.0 Å². The summed E-state index contributed by atoms with van der Waals surface area (Å²) in [5, 5.41) is 3.04. The third kappa shape index (κ3) is 3.78. The van der Waals surface area contributed by atoms with Gasteiger partial charge in [-0.3, -0.25) is 9.69 Å². The predicted octanol–water partition coefficient (Wildman–Crippen LogP) is 2.98. The maximum atomic E-state index is 12.3. The fourth-order valence-electron chi connectivity index (χ4n) is 3.73. The summed E-state index contributed by atoms with van der Waals surface area (Å²) in [4.78, 5) is 22.2. The minimum absolute atomic E-state index is 0.0830. The van der Waals surface area contributed by atoms with Crippen LogP contribution in [0.4, 0.5) is 0 Å². The van der Waals surface area contributed by atoms with E-state index in [1.165, 1.54) is 5.56 Å². The van der Waals surface area contributed by atoms with E-state index in [4.69, 9.17) is 0 Å². The van der Waals surface area contributed by atoms with Gasteiger partial charge in [-0.25, -0.2) is 4.98 Å². The number of aryl methyl sites for hydroxylation is 1. The Bertz CT molecular complexity index is 903. The summed E-state index contributed by atoms with van der Waals surface area (Å²) in [5.74, 6) is 1.53. The Hall–Kier alpha value is -2.66. The van der Waals surface area contributed by atoms with Gasteiger partial charge < -0.3 is 10.3 Å². The highest BCUT2D eigenvalue weighted by atomic mass is 16.2. The lowest BCUT2D eigenvalue weighted by atomic mass is 9.99. The summed E-state index contributed by atoms with van der Waals surface area (Å²) in [7, 11) is 0. The zero-order chi connectivity index (χ0) is 17.9. The Morgan fingerprint density at radius 1 is 1.27 bits per heavy atom. The molecule has 1 aliphatic heterocycles. The molecule has 0 radical (unpaired) electrons. The van der Waals surface area contributed by atoms with Gasteiger partial charge in [-0.05, 0) is 49.1 Å². The van der Waals surface area contributed by atoms with E-state index in [-0.39, 0.29) is 5.91 Å². The highest BCUT2D eigenvalue weighted by Crippen LogP contribution is 2.26. The topological polar surface area (TPSA) is 61.0 Å².